The molecule has 0 saturated heterocycles. The van der Waals surface area contributed by atoms with Crippen LogP contribution >= 0.6 is 0 Å². The molecular weight excluding hydrogens is 276 g/mol. The number of benzene rings is 1. The smallest absolute Gasteiger partial charge is 0.178 e. The van der Waals surface area contributed by atoms with Gasteiger partial charge in [-0.3, -0.25) is 0 Å². The van der Waals surface area contributed by atoms with Gasteiger partial charge in [-0.05, 0) is 45.3 Å². The third-order valence-corrected chi connectivity index (χ3v) is 4.67. The highest BCUT2D eigenvalue weighted by Gasteiger charge is 2.21. The van der Waals surface area contributed by atoms with Crippen LogP contribution in [-0.4, -0.2) is 57.0 Å². The van der Waals surface area contributed by atoms with E-state index in [1.807, 2.05) is 19.0 Å². The summed E-state index contributed by atoms with van der Waals surface area (Å²) in [4.78, 5) is 2.24. The van der Waals surface area contributed by atoms with Gasteiger partial charge in [0, 0.05) is 18.8 Å². The Balaban J connectivity index is 2.67. The standard InChI is InChI=1S/C14H24N2O3S/c1-5-20(18,19)13-8-6-12(7-9-13)15-10-14(2,17)11-16(3)4/h6-9,15,17H,5,10-11H2,1-4H3. The van der Waals surface area contributed by atoms with Crippen molar-refractivity contribution in [1.82, 2.24) is 4.90 Å². The molecule has 5 nitrogen and oxygen atoms in total. The molecule has 0 aliphatic carbocycles. The molecule has 114 valence electrons. The van der Waals surface area contributed by atoms with Crippen LogP contribution in [0.15, 0.2) is 29.2 Å². The van der Waals surface area contributed by atoms with E-state index in [4.69, 9.17) is 0 Å². The van der Waals surface area contributed by atoms with Crippen LogP contribution in [0.4, 0.5) is 5.69 Å². The maximum Gasteiger partial charge on any atom is 0.178 e. The second-order valence-electron chi connectivity index (χ2n) is 5.52. The van der Waals surface area contributed by atoms with Gasteiger partial charge in [-0.15, -0.1) is 0 Å². The molecule has 1 atom stereocenters. The van der Waals surface area contributed by atoms with Crippen molar-refractivity contribution in [3.05, 3.63) is 24.3 Å². The first-order valence-corrected chi connectivity index (χ1v) is 8.25. The molecular formula is C14H24N2O3S. The van der Waals surface area contributed by atoms with Crippen LogP contribution in [0.5, 0.6) is 0 Å². The maximum absolute atomic E-state index is 11.7. The van der Waals surface area contributed by atoms with Crippen molar-refractivity contribution in [2.24, 2.45) is 0 Å². The Kier molecular flexibility index (Phi) is 5.56. The summed E-state index contributed by atoms with van der Waals surface area (Å²) >= 11 is 0. The van der Waals surface area contributed by atoms with Crippen molar-refractivity contribution in [2.75, 3.05) is 38.3 Å². The third kappa shape index (κ3) is 5.11. The van der Waals surface area contributed by atoms with E-state index in [0.717, 1.165) is 5.69 Å². The first-order chi connectivity index (χ1) is 9.16. The minimum absolute atomic E-state index is 0.0946. The number of sulfone groups is 1. The van der Waals surface area contributed by atoms with Crippen molar-refractivity contribution in [1.29, 1.82) is 0 Å². The van der Waals surface area contributed by atoms with Crippen molar-refractivity contribution in [3.63, 3.8) is 0 Å². The van der Waals surface area contributed by atoms with Gasteiger partial charge >= 0.3 is 0 Å². The molecule has 0 amide bonds. The van der Waals surface area contributed by atoms with E-state index in [9.17, 15) is 13.5 Å². The molecule has 1 unspecified atom stereocenters. The lowest BCUT2D eigenvalue weighted by atomic mass is 10.1. The zero-order valence-electron chi connectivity index (χ0n) is 12.5. The maximum atomic E-state index is 11.7. The average Bonchev–Trinajstić information content (AvgIpc) is 2.35. The molecule has 0 spiro atoms. The fraction of sp³-hybridized carbons (Fsp3) is 0.571. The number of hydrogen-bond donors (Lipinski definition) is 2. The third-order valence-electron chi connectivity index (χ3n) is 2.92. The van der Waals surface area contributed by atoms with Crippen LogP contribution in [0.25, 0.3) is 0 Å². The van der Waals surface area contributed by atoms with E-state index in [2.05, 4.69) is 5.32 Å². The van der Waals surface area contributed by atoms with Gasteiger partial charge in [-0.1, -0.05) is 6.92 Å². The summed E-state index contributed by atoms with van der Waals surface area (Å²) in [5, 5.41) is 13.3. The minimum atomic E-state index is -3.16. The zero-order chi connectivity index (χ0) is 15.4. The second kappa shape index (κ2) is 6.56. The van der Waals surface area contributed by atoms with E-state index in [1.165, 1.54) is 0 Å². The summed E-state index contributed by atoms with van der Waals surface area (Å²) in [5.74, 6) is 0.0946. The second-order valence-corrected chi connectivity index (χ2v) is 7.79. The Morgan fingerprint density at radius 2 is 1.80 bits per heavy atom. The summed E-state index contributed by atoms with van der Waals surface area (Å²) in [6.07, 6.45) is 0. The van der Waals surface area contributed by atoms with Crippen molar-refractivity contribution in [2.45, 2.75) is 24.3 Å². The normalized spacial score (nSPS) is 15.1. The quantitative estimate of drug-likeness (QED) is 0.792. The first-order valence-electron chi connectivity index (χ1n) is 6.60. The van der Waals surface area contributed by atoms with Crippen LogP contribution in [0.1, 0.15) is 13.8 Å². The lowest BCUT2D eigenvalue weighted by Gasteiger charge is -2.27. The summed E-state index contributed by atoms with van der Waals surface area (Å²) in [5.41, 5.74) is -0.0587. The molecule has 6 heteroatoms. The number of aliphatic hydroxyl groups is 1. The van der Waals surface area contributed by atoms with Crippen LogP contribution in [0.3, 0.4) is 0 Å². The van der Waals surface area contributed by atoms with Crippen LogP contribution in [-0.2, 0) is 9.84 Å². The number of rotatable bonds is 7. The van der Waals surface area contributed by atoms with E-state index in [0.29, 0.717) is 18.0 Å². The van der Waals surface area contributed by atoms with Gasteiger partial charge in [-0.25, -0.2) is 8.42 Å². The van der Waals surface area contributed by atoms with Crippen LogP contribution in [0, 0.1) is 0 Å². The number of nitrogens with zero attached hydrogens (tertiary/aromatic N) is 1. The molecule has 0 heterocycles. The van der Waals surface area contributed by atoms with Gasteiger partial charge in [0.15, 0.2) is 9.84 Å². The highest BCUT2D eigenvalue weighted by atomic mass is 32.2. The Hall–Kier alpha value is -1.11. The summed E-state index contributed by atoms with van der Waals surface area (Å²) in [7, 11) is 0.645. The van der Waals surface area contributed by atoms with Gasteiger partial charge in [0.2, 0.25) is 0 Å². The van der Waals surface area contributed by atoms with Gasteiger partial charge in [-0.2, -0.15) is 0 Å². The Morgan fingerprint density at radius 3 is 2.25 bits per heavy atom. The van der Waals surface area contributed by atoms with E-state index < -0.39 is 15.4 Å². The molecule has 0 aromatic heterocycles. The van der Waals surface area contributed by atoms with Gasteiger partial charge < -0.3 is 15.3 Å². The topological polar surface area (TPSA) is 69.6 Å². The lowest BCUT2D eigenvalue weighted by molar-refractivity contribution is 0.0460. The van der Waals surface area contributed by atoms with Crippen LogP contribution in [0.2, 0.25) is 0 Å². The van der Waals surface area contributed by atoms with Gasteiger partial charge in [0.05, 0.1) is 16.2 Å². The molecule has 1 rings (SSSR count). The number of nitrogens with one attached hydrogen (secondary N) is 1. The SMILES string of the molecule is CCS(=O)(=O)c1ccc(NCC(C)(O)CN(C)C)cc1. The summed E-state index contributed by atoms with van der Waals surface area (Å²) < 4.78 is 23.4. The lowest BCUT2D eigenvalue weighted by Crippen LogP contribution is -2.43. The molecule has 2 N–H and O–H groups in total. The average molecular weight is 300 g/mol. The molecule has 0 radical (unpaired) electrons. The summed E-state index contributed by atoms with van der Waals surface area (Å²) in [6, 6.07) is 6.60. The fourth-order valence-electron chi connectivity index (χ4n) is 1.98. The zero-order valence-corrected chi connectivity index (χ0v) is 13.4. The molecule has 20 heavy (non-hydrogen) atoms. The largest absolute Gasteiger partial charge is 0.387 e. The van der Waals surface area contributed by atoms with E-state index in [1.54, 1.807) is 38.1 Å². The van der Waals surface area contributed by atoms with Gasteiger partial charge in [0.25, 0.3) is 0 Å². The molecule has 0 saturated carbocycles. The Morgan fingerprint density at radius 1 is 1.25 bits per heavy atom. The predicted octanol–water partition coefficient (Wildman–Crippen LogP) is 1.20. The molecule has 0 aliphatic rings. The highest BCUT2D eigenvalue weighted by Crippen LogP contribution is 2.16. The molecule has 1 aromatic rings. The number of hydrogen-bond acceptors (Lipinski definition) is 5. The molecule has 0 bridgehead atoms. The van der Waals surface area contributed by atoms with E-state index in [-0.39, 0.29) is 5.75 Å². The monoisotopic (exact) mass is 300 g/mol. The fourth-order valence-corrected chi connectivity index (χ4v) is 2.86. The molecule has 0 aliphatic heterocycles. The van der Waals surface area contributed by atoms with E-state index >= 15 is 0 Å². The van der Waals surface area contributed by atoms with Crippen LogP contribution < -0.4 is 5.32 Å². The minimum Gasteiger partial charge on any atom is -0.387 e. The number of anilines is 1. The van der Waals surface area contributed by atoms with Gasteiger partial charge in [0.1, 0.15) is 0 Å². The predicted molar refractivity (Wildman–Crippen MR) is 81.8 cm³/mol. The Bertz CT molecular complexity index is 522. The van der Waals surface area contributed by atoms with Crippen molar-refractivity contribution < 1.29 is 13.5 Å². The Labute approximate surface area is 121 Å². The van der Waals surface area contributed by atoms with Crippen molar-refractivity contribution in [3.8, 4) is 0 Å². The molecule has 1 aromatic carbocycles. The summed E-state index contributed by atoms with van der Waals surface area (Å²) in [6.45, 7) is 4.32. The highest BCUT2D eigenvalue weighted by molar-refractivity contribution is 7.91. The number of likely N-dealkylation sites (N-methyl/N-ethyl adjacent to an activating group) is 1. The molecule has 0 fully saturated rings. The first kappa shape index (κ1) is 16.9. The van der Waals surface area contributed by atoms with Crippen molar-refractivity contribution >= 4 is 15.5 Å².